The first-order valence-electron chi connectivity index (χ1n) is 3.76. The van der Waals surface area contributed by atoms with E-state index in [-0.39, 0.29) is 12.5 Å². The molecule has 70 valence electrons. The lowest BCUT2D eigenvalue weighted by Crippen LogP contribution is -2.43. The Kier molecular flexibility index (Phi) is 4.10. The second-order valence-corrected chi connectivity index (χ2v) is 3.08. The Labute approximate surface area is 71.7 Å². The summed E-state index contributed by atoms with van der Waals surface area (Å²) in [5.74, 6) is -0.272. The van der Waals surface area contributed by atoms with Gasteiger partial charge in [0.25, 0.3) is 0 Å². The van der Waals surface area contributed by atoms with Gasteiger partial charge >= 0.3 is 6.03 Å². The van der Waals surface area contributed by atoms with Gasteiger partial charge in [0.15, 0.2) is 0 Å². The van der Waals surface area contributed by atoms with Crippen molar-refractivity contribution in [2.45, 2.75) is 13.8 Å². The molecule has 0 aromatic carbocycles. The van der Waals surface area contributed by atoms with Crippen molar-refractivity contribution >= 4 is 11.9 Å². The summed E-state index contributed by atoms with van der Waals surface area (Å²) < 4.78 is 0. The first kappa shape index (κ1) is 10.7. The second kappa shape index (κ2) is 4.58. The van der Waals surface area contributed by atoms with Gasteiger partial charge in [-0.15, -0.1) is 0 Å². The highest BCUT2D eigenvalue weighted by Crippen LogP contribution is 1.97. The Balaban J connectivity index is 4.04. The van der Waals surface area contributed by atoms with Gasteiger partial charge in [-0.25, -0.2) is 4.79 Å². The Bertz CT molecular complexity index is 179. The van der Waals surface area contributed by atoms with Crippen LogP contribution in [0.5, 0.6) is 0 Å². The van der Waals surface area contributed by atoms with Crippen LogP contribution in [0, 0.1) is 5.92 Å². The molecule has 0 bridgehead atoms. The number of hydrogen-bond acceptors (Lipinski definition) is 2. The maximum Gasteiger partial charge on any atom is 0.315 e. The van der Waals surface area contributed by atoms with E-state index in [4.69, 9.17) is 11.5 Å². The number of carbonyl (C=O) groups is 2. The average Bonchev–Trinajstić information content (AvgIpc) is 1.83. The molecule has 5 heteroatoms. The number of amides is 3. The molecule has 3 amide bonds. The van der Waals surface area contributed by atoms with Gasteiger partial charge < -0.3 is 16.4 Å². The fraction of sp³-hybridized carbons (Fsp3) is 0.714. The molecule has 0 unspecified atom stereocenters. The molecule has 0 aromatic rings. The van der Waals surface area contributed by atoms with E-state index >= 15 is 0 Å². The van der Waals surface area contributed by atoms with Crippen molar-refractivity contribution < 1.29 is 9.59 Å². The van der Waals surface area contributed by atoms with E-state index in [1.54, 1.807) is 0 Å². The van der Waals surface area contributed by atoms with Crippen LogP contribution in [0.15, 0.2) is 0 Å². The maximum atomic E-state index is 10.7. The normalized spacial score (nSPS) is 9.92. The summed E-state index contributed by atoms with van der Waals surface area (Å²) in [4.78, 5) is 22.4. The summed E-state index contributed by atoms with van der Waals surface area (Å²) in [5.41, 5.74) is 9.93. The van der Waals surface area contributed by atoms with Crippen LogP contribution in [-0.4, -0.2) is 29.9 Å². The molecule has 0 atom stereocenters. The Morgan fingerprint density at radius 3 is 2.08 bits per heavy atom. The smallest absolute Gasteiger partial charge is 0.315 e. The monoisotopic (exact) mass is 173 g/mol. The minimum atomic E-state index is -0.609. The lowest BCUT2D eigenvalue weighted by atomic mass is 10.2. The van der Waals surface area contributed by atoms with Crippen LogP contribution in [0.3, 0.4) is 0 Å². The van der Waals surface area contributed by atoms with Crippen LogP contribution < -0.4 is 11.5 Å². The third-order valence-corrected chi connectivity index (χ3v) is 1.24. The van der Waals surface area contributed by atoms with Crippen LogP contribution in [-0.2, 0) is 4.79 Å². The average molecular weight is 173 g/mol. The van der Waals surface area contributed by atoms with E-state index in [1.807, 2.05) is 13.8 Å². The number of nitrogens with zero attached hydrogens (tertiary/aromatic N) is 1. The summed E-state index contributed by atoms with van der Waals surface area (Å²) in [5, 5.41) is 0. The zero-order valence-corrected chi connectivity index (χ0v) is 7.41. The molecule has 0 saturated carbocycles. The zero-order valence-electron chi connectivity index (χ0n) is 7.41. The molecule has 5 nitrogen and oxygen atoms in total. The second-order valence-electron chi connectivity index (χ2n) is 3.08. The van der Waals surface area contributed by atoms with Crippen molar-refractivity contribution in [3.05, 3.63) is 0 Å². The maximum absolute atomic E-state index is 10.7. The molecule has 0 heterocycles. The van der Waals surface area contributed by atoms with E-state index in [0.717, 1.165) is 0 Å². The summed E-state index contributed by atoms with van der Waals surface area (Å²) in [6.07, 6.45) is 0. The quantitative estimate of drug-likeness (QED) is 0.600. The number of rotatable bonds is 4. The van der Waals surface area contributed by atoms with E-state index in [0.29, 0.717) is 6.54 Å². The molecule has 12 heavy (non-hydrogen) atoms. The number of urea groups is 1. The molecule has 0 aliphatic rings. The van der Waals surface area contributed by atoms with Crippen LogP contribution in [0.25, 0.3) is 0 Å². The molecule has 0 aromatic heterocycles. The Morgan fingerprint density at radius 2 is 1.83 bits per heavy atom. The molecular weight excluding hydrogens is 158 g/mol. The highest BCUT2D eigenvalue weighted by atomic mass is 16.2. The van der Waals surface area contributed by atoms with Crippen LogP contribution in [0.2, 0.25) is 0 Å². The minimum Gasteiger partial charge on any atom is -0.368 e. The SMILES string of the molecule is CC(C)CN(CC(N)=O)C(N)=O. The topological polar surface area (TPSA) is 89.4 Å². The number of carbonyl (C=O) groups excluding carboxylic acids is 2. The fourth-order valence-corrected chi connectivity index (χ4v) is 0.861. The van der Waals surface area contributed by atoms with Gasteiger partial charge in [0.05, 0.1) is 0 Å². The van der Waals surface area contributed by atoms with E-state index < -0.39 is 11.9 Å². The molecule has 0 fully saturated rings. The Morgan fingerprint density at radius 1 is 1.33 bits per heavy atom. The molecule has 0 aliphatic carbocycles. The van der Waals surface area contributed by atoms with Gasteiger partial charge in [0.2, 0.25) is 5.91 Å². The highest BCUT2D eigenvalue weighted by molar-refractivity contribution is 5.82. The molecule has 0 spiro atoms. The number of nitrogens with two attached hydrogens (primary N) is 2. The van der Waals surface area contributed by atoms with Gasteiger partial charge in [-0.3, -0.25) is 4.79 Å². The van der Waals surface area contributed by atoms with E-state index in [1.165, 1.54) is 4.90 Å². The first-order chi connectivity index (χ1) is 5.43. The first-order valence-corrected chi connectivity index (χ1v) is 3.76. The third kappa shape index (κ3) is 4.54. The predicted molar refractivity (Wildman–Crippen MR) is 45.2 cm³/mol. The fourth-order valence-electron chi connectivity index (χ4n) is 0.861. The molecule has 0 saturated heterocycles. The predicted octanol–water partition coefficient (Wildman–Crippen LogP) is -0.492. The lowest BCUT2D eigenvalue weighted by Gasteiger charge is -2.20. The van der Waals surface area contributed by atoms with Gasteiger partial charge in [-0.2, -0.15) is 0 Å². The summed E-state index contributed by atoms with van der Waals surface area (Å²) in [6.45, 7) is 4.21. The van der Waals surface area contributed by atoms with Crippen molar-refractivity contribution in [3.63, 3.8) is 0 Å². The van der Waals surface area contributed by atoms with Gasteiger partial charge in [0, 0.05) is 6.54 Å². The molecule has 0 aliphatic heterocycles. The van der Waals surface area contributed by atoms with E-state index in [9.17, 15) is 9.59 Å². The highest BCUT2D eigenvalue weighted by Gasteiger charge is 2.13. The number of primary amides is 2. The lowest BCUT2D eigenvalue weighted by molar-refractivity contribution is -0.118. The summed E-state index contributed by atoms with van der Waals surface area (Å²) in [6, 6.07) is -0.609. The summed E-state index contributed by atoms with van der Waals surface area (Å²) in [7, 11) is 0. The van der Waals surface area contributed by atoms with Crippen molar-refractivity contribution in [2.24, 2.45) is 17.4 Å². The van der Waals surface area contributed by atoms with Crippen LogP contribution in [0.4, 0.5) is 4.79 Å². The standard InChI is InChI=1S/C7H15N3O2/c1-5(2)3-10(7(9)12)4-6(8)11/h5H,3-4H2,1-2H3,(H2,8,11)(H2,9,12). The number of hydrogen-bond donors (Lipinski definition) is 2. The van der Waals surface area contributed by atoms with Crippen molar-refractivity contribution in [1.82, 2.24) is 4.90 Å². The molecular formula is C7H15N3O2. The van der Waals surface area contributed by atoms with Crippen molar-refractivity contribution in [3.8, 4) is 0 Å². The van der Waals surface area contributed by atoms with Crippen LogP contribution >= 0.6 is 0 Å². The van der Waals surface area contributed by atoms with Gasteiger partial charge in [-0.05, 0) is 5.92 Å². The van der Waals surface area contributed by atoms with Gasteiger partial charge in [-0.1, -0.05) is 13.8 Å². The molecule has 4 N–H and O–H groups in total. The van der Waals surface area contributed by atoms with Gasteiger partial charge in [0.1, 0.15) is 6.54 Å². The van der Waals surface area contributed by atoms with Crippen LogP contribution in [0.1, 0.15) is 13.8 Å². The van der Waals surface area contributed by atoms with Crippen molar-refractivity contribution in [1.29, 1.82) is 0 Å². The summed E-state index contributed by atoms with van der Waals surface area (Å²) >= 11 is 0. The zero-order chi connectivity index (χ0) is 9.72. The Hall–Kier alpha value is -1.26. The minimum absolute atomic E-state index is 0.104. The molecule has 0 rings (SSSR count). The third-order valence-electron chi connectivity index (χ3n) is 1.24. The largest absolute Gasteiger partial charge is 0.368 e. The van der Waals surface area contributed by atoms with E-state index in [2.05, 4.69) is 0 Å². The van der Waals surface area contributed by atoms with Crippen molar-refractivity contribution in [2.75, 3.05) is 13.1 Å². The molecule has 0 radical (unpaired) electrons.